The Morgan fingerprint density at radius 1 is 1.03 bits per heavy atom. The van der Waals surface area contributed by atoms with E-state index >= 15 is 0 Å². The zero-order chi connectivity index (χ0) is 23.5. The van der Waals surface area contributed by atoms with Crippen LogP contribution >= 0.6 is 11.3 Å². The summed E-state index contributed by atoms with van der Waals surface area (Å²) in [5.74, 6) is -0.468. The lowest BCUT2D eigenvalue weighted by atomic mass is 10.1. The maximum absolute atomic E-state index is 14.2. The van der Waals surface area contributed by atoms with Crippen molar-refractivity contribution in [1.29, 1.82) is 0 Å². The van der Waals surface area contributed by atoms with Crippen LogP contribution < -0.4 is 9.47 Å². The second-order valence-corrected chi connectivity index (χ2v) is 7.88. The van der Waals surface area contributed by atoms with E-state index in [0.717, 1.165) is 17.4 Å². The van der Waals surface area contributed by atoms with Crippen LogP contribution in [0.3, 0.4) is 0 Å². The van der Waals surface area contributed by atoms with Crippen molar-refractivity contribution in [3.8, 4) is 32.6 Å². The quantitative estimate of drug-likeness (QED) is 0.295. The minimum Gasteiger partial charge on any atom is -0.504 e. The number of hydrogen-bond acceptors (Lipinski definition) is 6. The van der Waals surface area contributed by atoms with Crippen LogP contribution in [-0.4, -0.2) is 30.5 Å². The minimum absolute atomic E-state index is 0.215. The second kappa shape index (κ2) is 9.56. The van der Waals surface area contributed by atoms with E-state index in [0.29, 0.717) is 21.9 Å². The average Bonchev–Trinajstić information content (AvgIpc) is 3.21. The topological polar surface area (TPSA) is 53.5 Å². The first-order valence-electron chi connectivity index (χ1n) is 9.43. The molecular weight excluding hydrogens is 448 g/mol. The summed E-state index contributed by atoms with van der Waals surface area (Å²) in [6, 6.07) is 6.21. The molecular formula is C22H20F4N2O3S. The molecule has 0 spiro atoms. The Kier molecular flexibility index (Phi) is 7.02. The SMILES string of the molecule is CO/C=C/c1cc(F)cc(-c2nnc(-c3ccc(OC(C)C)c(C(F)(F)F)c3)s2)c1OC. The zero-order valence-electron chi connectivity index (χ0n) is 17.7. The molecule has 0 aliphatic carbocycles. The predicted molar refractivity (Wildman–Crippen MR) is 114 cm³/mol. The smallest absolute Gasteiger partial charge is 0.419 e. The molecule has 3 rings (SSSR count). The first-order chi connectivity index (χ1) is 15.1. The standard InChI is InChI=1S/C22H20F4N2O3S/c1-12(2)31-18-6-5-14(10-17(18)22(24,25)26)20-27-28-21(32-20)16-11-15(23)9-13(7-8-29-3)19(16)30-4/h5-12H,1-4H3/b8-7+. The molecule has 0 saturated heterocycles. The van der Waals surface area contributed by atoms with Gasteiger partial charge >= 0.3 is 6.18 Å². The molecule has 0 radical (unpaired) electrons. The Labute approximate surface area is 186 Å². The van der Waals surface area contributed by atoms with Crippen molar-refractivity contribution in [2.75, 3.05) is 14.2 Å². The molecule has 0 N–H and O–H groups in total. The van der Waals surface area contributed by atoms with Crippen molar-refractivity contribution in [1.82, 2.24) is 10.2 Å². The molecule has 1 aromatic heterocycles. The lowest BCUT2D eigenvalue weighted by Crippen LogP contribution is -2.13. The van der Waals surface area contributed by atoms with Gasteiger partial charge in [-0.3, -0.25) is 0 Å². The summed E-state index contributed by atoms with van der Waals surface area (Å²) in [5, 5.41) is 8.59. The summed E-state index contributed by atoms with van der Waals surface area (Å²) in [6.45, 7) is 3.29. The Bertz CT molecular complexity index is 1130. The van der Waals surface area contributed by atoms with Gasteiger partial charge in [0.25, 0.3) is 0 Å². The van der Waals surface area contributed by atoms with E-state index in [-0.39, 0.29) is 16.3 Å². The third kappa shape index (κ3) is 5.18. The number of methoxy groups -OCH3 is 2. The average molecular weight is 468 g/mol. The zero-order valence-corrected chi connectivity index (χ0v) is 18.5. The molecule has 0 aliphatic rings. The Balaban J connectivity index is 2.06. The summed E-state index contributed by atoms with van der Waals surface area (Å²) >= 11 is 1.02. The fourth-order valence-electron chi connectivity index (χ4n) is 2.96. The van der Waals surface area contributed by atoms with Crippen LogP contribution in [0.1, 0.15) is 25.0 Å². The van der Waals surface area contributed by atoms with E-state index in [1.807, 2.05) is 0 Å². The van der Waals surface area contributed by atoms with Gasteiger partial charge in [-0.15, -0.1) is 10.2 Å². The molecule has 0 fully saturated rings. The van der Waals surface area contributed by atoms with E-state index in [2.05, 4.69) is 10.2 Å². The first-order valence-corrected chi connectivity index (χ1v) is 10.2. The fraction of sp³-hybridized carbons (Fsp3) is 0.273. The number of benzene rings is 2. The predicted octanol–water partition coefficient (Wildman–Crippen LogP) is 6.44. The molecule has 2 aromatic carbocycles. The van der Waals surface area contributed by atoms with Gasteiger partial charge in [-0.25, -0.2) is 4.39 Å². The molecule has 0 saturated carbocycles. The summed E-state index contributed by atoms with van der Waals surface area (Å²) in [4.78, 5) is 0. The van der Waals surface area contributed by atoms with Crippen molar-refractivity contribution in [2.45, 2.75) is 26.1 Å². The maximum Gasteiger partial charge on any atom is 0.419 e. The van der Waals surface area contributed by atoms with E-state index < -0.39 is 23.7 Å². The number of ether oxygens (including phenoxy) is 3. The van der Waals surface area contributed by atoms with Crippen molar-refractivity contribution < 1.29 is 31.8 Å². The van der Waals surface area contributed by atoms with Gasteiger partial charge in [-0.2, -0.15) is 13.2 Å². The van der Waals surface area contributed by atoms with Gasteiger partial charge in [0.15, 0.2) is 5.01 Å². The first kappa shape index (κ1) is 23.5. The van der Waals surface area contributed by atoms with Gasteiger partial charge in [-0.1, -0.05) is 11.3 Å². The van der Waals surface area contributed by atoms with Crippen molar-refractivity contribution in [2.24, 2.45) is 0 Å². The van der Waals surface area contributed by atoms with Crippen LogP contribution in [-0.2, 0) is 10.9 Å². The van der Waals surface area contributed by atoms with Gasteiger partial charge in [-0.05, 0) is 50.3 Å². The second-order valence-electron chi connectivity index (χ2n) is 6.90. The maximum atomic E-state index is 14.2. The highest BCUT2D eigenvalue weighted by Crippen LogP contribution is 2.42. The molecule has 170 valence electrons. The van der Waals surface area contributed by atoms with Crippen LogP contribution in [0, 0.1) is 5.82 Å². The van der Waals surface area contributed by atoms with Gasteiger partial charge in [0, 0.05) is 11.1 Å². The van der Waals surface area contributed by atoms with Crippen LogP contribution in [0.2, 0.25) is 0 Å². The summed E-state index contributed by atoms with van der Waals surface area (Å²) < 4.78 is 70.5. The highest BCUT2D eigenvalue weighted by molar-refractivity contribution is 7.18. The summed E-state index contributed by atoms with van der Waals surface area (Å²) in [7, 11) is 2.87. The largest absolute Gasteiger partial charge is 0.504 e. The van der Waals surface area contributed by atoms with Crippen molar-refractivity contribution >= 4 is 17.4 Å². The molecule has 0 unspecified atom stereocenters. The van der Waals surface area contributed by atoms with Crippen molar-refractivity contribution in [3.05, 3.63) is 53.5 Å². The third-order valence-corrected chi connectivity index (χ3v) is 5.23. The van der Waals surface area contributed by atoms with E-state index in [1.54, 1.807) is 13.8 Å². The molecule has 5 nitrogen and oxygen atoms in total. The molecule has 0 atom stereocenters. The van der Waals surface area contributed by atoms with Crippen LogP contribution in [0.15, 0.2) is 36.6 Å². The molecule has 0 amide bonds. The van der Waals surface area contributed by atoms with Gasteiger partial charge < -0.3 is 14.2 Å². The monoisotopic (exact) mass is 468 g/mol. The van der Waals surface area contributed by atoms with E-state index in [9.17, 15) is 17.6 Å². The normalized spacial score (nSPS) is 11.9. The van der Waals surface area contributed by atoms with Crippen LogP contribution in [0.5, 0.6) is 11.5 Å². The Morgan fingerprint density at radius 3 is 2.38 bits per heavy atom. The summed E-state index contributed by atoms with van der Waals surface area (Å²) in [5.41, 5.74) is 0.0429. The van der Waals surface area contributed by atoms with Gasteiger partial charge in [0.05, 0.1) is 37.7 Å². The van der Waals surface area contributed by atoms with Gasteiger partial charge in [0.1, 0.15) is 22.3 Å². The fourth-order valence-corrected chi connectivity index (χ4v) is 3.81. The van der Waals surface area contributed by atoms with Crippen LogP contribution in [0.4, 0.5) is 17.6 Å². The molecule has 10 heteroatoms. The minimum atomic E-state index is -4.61. The lowest BCUT2D eigenvalue weighted by Gasteiger charge is -2.16. The Morgan fingerprint density at radius 2 is 1.75 bits per heavy atom. The highest BCUT2D eigenvalue weighted by atomic mass is 32.1. The Hall–Kier alpha value is -3.14. The number of hydrogen-bond donors (Lipinski definition) is 0. The van der Waals surface area contributed by atoms with Crippen LogP contribution in [0.25, 0.3) is 27.2 Å². The third-order valence-electron chi connectivity index (χ3n) is 4.22. The number of halogens is 4. The van der Waals surface area contributed by atoms with Gasteiger partial charge in [0.2, 0.25) is 0 Å². The van der Waals surface area contributed by atoms with E-state index in [1.165, 1.54) is 50.8 Å². The number of rotatable bonds is 7. The highest BCUT2D eigenvalue weighted by Gasteiger charge is 2.35. The van der Waals surface area contributed by atoms with Crippen molar-refractivity contribution in [3.63, 3.8) is 0 Å². The molecule has 0 aliphatic heterocycles. The number of nitrogens with zero attached hydrogens (tertiary/aromatic N) is 2. The lowest BCUT2D eigenvalue weighted by molar-refractivity contribution is -0.139. The summed E-state index contributed by atoms with van der Waals surface area (Å²) in [6.07, 6.45) is -2.14. The molecule has 1 heterocycles. The molecule has 32 heavy (non-hydrogen) atoms. The molecule has 0 bridgehead atoms. The van der Waals surface area contributed by atoms with E-state index in [4.69, 9.17) is 14.2 Å². The number of alkyl halides is 3. The number of aromatic nitrogens is 2. The molecule has 3 aromatic rings.